The Morgan fingerprint density at radius 3 is 2.30 bits per heavy atom. The molecule has 1 nitrogen and oxygen atoms in total. The van der Waals surface area contributed by atoms with Crippen LogP contribution in [0.1, 0.15) is 20.3 Å². The fourth-order valence-electron chi connectivity index (χ4n) is 1.11. The molecule has 2 atom stereocenters. The van der Waals surface area contributed by atoms with Crippen LogP contribution < -0.4 is 5.32 Å². The lowest BCUT2D eigenvalue weighted by atomic mass is 10.3. The highest BCUT2D eigenvalue weighted by atomic mass is 19.3. The van der Waals surface area contributed by atoms with Crippen LogP contribution >= 0.6 is 0 Å². The van der Waals surface area contributed by atoms with Crippen LogP contribution in [0.3, 0.4) is 0 Å². The van der Waals surface area contributed by atoms with Crippen molar-refractivity contribution in [1.82, 2.24) is 5.32 Å². The molecule has 0 radical (unpaired) electrons. The molecule has 1 fully saturated rings. The second-order valence-electron chi connectivity index (χ2n) is 3.16. The summed E-state index contributed by atoms with van der Waals surface area (Å²) in [4.78, 5) is 0. The monoisotopic (exact) mass is 149 g/mol. The van der Waals surface area contributed by atoms with Crippen LogP contribution in [-0.4, -0.2) is 18.5 Å². The van der Waals surface area contributed by atoms with Gasteiger partial charge in [-0.1, -0.05) is 13.8 Å². The first-order valence-corrected chi connectivity index (χ1v) is 3.65. The Balaban J connectivity index is 2.13. The number of nitrogens with one attached hydrogen (secondary N) is 1. The standard InChI is InChI=1S/C7H13F2N/c1-4(2)10-6-3-5(6)7(8)9/h4-7,10H,3H2,1-2H3/t5-,6-/m0/s1. The Kier molecular flexibility index (Phi) is 2.24. The molecule has 0 spiro atoms. The molecular weight excluding hydrogens is 136 g/mol. The minimum absolute atomic E-state index is 0.0833. The van der Waals surface area contributed by atoms with Crippen molar-refractivity contribution in [1.29, 1.82) is 0 Å². The molecule has 1 aliphatic rings. The first-order valence-electron chi connectivity index (χ1n) is 3.65. The van der Waals surface area contributed by atoms with Crippen LogP contribution in [0, 0.1) is 5.92 Å². The van der Waals surface area contributed by atoms with Gasteiger partial charge in [-0.15, -0.1) is 0 Å². The molecule has 10 heavy (non-hydrogen) atoms. The van der Waals surface area contributed by atoms with Gasteiger partial charge in [-0.25, -0.2) is 8.78 Å². The molecule has 0 bridgehead atoms. The molecule has 0 aromatic rings. The highest BCUT2D eigenvalue weighted by Gasteiger charge is 2.43. The fraction of sp³-hybridized carbons (Fsp3) is 1.00. The molecule has 0 heterocycles. The average Bonchev–Trinajstić information content (AvgIpc) is 2.43. The first kappa shape index (κ1) is 7.92. The maximum Gasteiger partial charge on any atom is 0.242 e. The van der Waals surface area contributed by atoms with Gasteiger partial charge in [0.2, 0.25) is 6.43 Å². The topological polar surface area (TPSA) is 12.0 Å². The summed E-state index contributed by atoms with van der Waals surface area (Å²) >= 11 is 0. The van der Waals surface area contributed by atoms with Gasteiger partial charge >= 0.3 is 0 Å². The zero-order valence-electron chi connectivity index (χ0n) is 6.27. The fourth-order valence-corrected chi connectivity index (χ4v) is 1.11. The van der Waals surface area contributed by atoms with E-state index in [2.05, 4.69) is 5.32 Å². The summed E-state index contributed by atoms with van der Waals surface area (Å²) in [6.45, 7) is 3.95. The molecule has 1 rings (SSSR count). The molecular formula is C7H13F2N. The molecule has 0 unspecified atom stereocenters. The van der Waals surface area contributed by atoms with Gasteiger partial charge in [0.05, 0.1) is 0 Å². The Morgan fingerprint density at radius 1 is 1.40 bits per heavy atom. The summed E-state index contributed by atoms with van der Waals surface area (Å²) in [5.74, 6) is -0.373. The van der Waals surface area contributed by atoms with E-state index in [1.54, 1.807) is 0 Å². The highest BCUT2D eigenvalue weighted by Crippen LogP contribution is 2.36. The summed E-state index contributed by atoms with van der Waals surface area (Å²) in [5.41, 5.74) is 0. The third-order valence-corrected chi connectivity index (χ3v) is 1.71. The third kappa shape index (κ3) is 1.90. The van der Waals surface area contributed by atoms with Crippen LogP contribution in [0.15, 0.2) is 0 Å². The van der Waals surface area contributed by atoms with E-state index in [1.165, 1.54) is 0 Å². The molecule has 1 aliphatic carbocycles. The normalized spacial score (nSPS) is 31.8. The summed E-state index contributed by atoms with van der Waals surface area (Å²) in [7, 11) is 0. The lowest BCUT2D eigenvalue weighted by molar-refractivity contribution is 0.118. The van der Waals surface area contributed by atoms with Crippen LogP contribution in [0.4, 0.5) is 8.78 Å². The minimum Gasteiger partial charge on any atom is -0.311 e. The second-order valence-corrected chi connectivity index (χ2v) is 3.16. The Hall–Kier alpha value is -0.180. The van der Waals surface area contributed by atoms with Gasteiger partial charge < -0.3 is 5.32 Å². The number of hydrogen-bond donors (Lipinski definition) is 1. The Morgan fingerprint density at radius 2 is 2.00 bits per heavy atom. The van der Waals surface area contributed by atoms with Gasteiger partial charge in [0.15, 0.2) is 0 Å². The van der Waals surface area contributed by atoms with Gasteiger partial charge in [-0.2, -0.15) is 0 Å². The average molecular weight is 149 g/mol. The quantitative estimate of drug-likeness (QED) is 0.643. The van der Waals surface area contributed by atoms with Crippen LogP contribution in [0.5, 0.6) is 0 Å². The minimum atomic E-state index is -2.13. The van der Waals surface area contributed by atoms with Gasteiger partial charge in [-0.3, -0.25) is 0 Å². The van der Waals surface area contributed by atoms with E-state index in [0.717, 1.165) is 0 Å². The number of rotatable bonds is 3. The van der Waals surface area contributed by atoms with E-state index >= 15 is 0 Å². The van der Waals surface area contributed by atoms with Crippen molar-refractivity contribution in [2.75, 3.05) is 0 Å². The summed E-state index contributed by atoms with van der Waals surface area (Å²) < 4.78 is 23.8. The first-order chi connectivity index (χ1) is 4.61. The van der Waals surface area contributed by atoms with Crippen molar-refractivity contribution in [3.8, 4) is 0 Å². The van der Waals surface area contributed by atoms with Gasteiger partial charge in [0.25, 0.3) is 0 Å². The van der Waals surface area contributed by atoms with E-state index in [4.69, 9.17) is 0 Å². The molecule has 0 aliphatic heterocycles. The van der Waals surface area contributed by atoms with Gasteiger partial charge in [-0.05, 0) is 6.42 Å². The highest BCUT2D eigenvalue weighted by molar-refractivity contribution is 4.95. The maximum absolute atomic E-state index is 11.9. The molecule has 1 N–H and O–H groups in total. The number of halogens is 2. The molecule has 0 saturated heterocycles. The maximum atomic E-state index is 11.9. The summed E-state index contributed by atoms with van der Waals surface area (Å²) in [6, 6.07) is 0.411. The summed E-state index contributed by atoms with van der Waals surface area (Å²) in [6.07, 6.45) is -1.48. The second kappa shape index (κ2) is 2.82. The lowest BCUT2D eigenvalue weighted by Crippen LogP contribution is -2.27. The van der Waals surface area contributed by atoms with Gasteiger partial charge in [0.1, 0.15) is 0 Å². The van der Waals surface area contributed by atoms with E-state index in [1.807, 2.05) is 13.8 Å². The molecule has 0 aromatic carbocycles. The van der Waals surface area contributed by atoms with E-state index in [0.29, 0.717) is 12.5 Å². The van der Waals surface area contributed by atoms with Crippen LogP contribution in [-0.2, 0) is 0 Å². The third-order valence-electron chi connectivity index (χ3n) is 1.71. The van der Waals surface area contributed by atoms with E-state index < -0.39 is 6.43 Å². The summed E-state index contributed by atoms with van der Waals surface area (Å²) in [5, 5.41) is 3.07. The number of alkyl halides is 2. The van der Waals surface area contributed by atoms with Crippen molar-refractivity contribution >= 4 is 0 Å². The van der Waals surface area contributed by atoms with Crippen LogP contribution in [0.2, 0.25) is 0 Å². The van der Waals surface area contributed by atoms with Crippen molar-refractivity contribution in [2.24, 2.45) is 5.92 Å². The SMILES string of the molecule is CC(C)N[C@H]1C[C@@H]1C(F)F. The largest absolute Gasteiger partial charge is 0.311 e. The lowest BCUT2D eigenvalue weighted by Gasteiger charge is -2.05. The Labute approximate surface area is 59.8 Å². The van der Waals surface area contributed by atoms with Crippen molar-refractivity contribution in [3.63, 3.8) is 0 Å². The zero-order chi connectivity index (χ0) is 7.72. The predicted molar refractivity (Wildman–Crippen MR) is 36.2 cm³/mol. The molecule has 0 amide bonds. The molecule has 0 aromatic heterocycles. The zero-order valence-corrected chi connectivity index (χ0v) is 6.27. The molecule has 60 valence electrons. The van der Waals surface area contributed by atoms with Crippen molar-refractivity contribution < 1.29 is 8.78 Å². The molecule has 1 saturated carbocycles. The van der Waals surface area contributed by atoms with Crippen molar-refractivity contribution in [2.45, 2.75) is 38.8 Å². The smallest absolute Gasteiger partial charge is 0.242 e. The van der Waals surface area contributed by atoms with Gasteiger partial charge in [0, 0.05) is 18.0 Å². The van der Waals surface area contributed by atoms with E-state index in [-0.39, 0.29) is 12.0 Å². The Bertz CT molecular complexity index is 114. The van der Waals surface area contributed by atoms with Crippen molar-refractivity contribution in [3.05, 3.63) is 0 Å². The predicted octanol–water partition coefficient (Wildman–Crippen LogP) is 1.64. The number of hydrogen-bond acceptors (Lipinski definition) is 1. The van der Waals surface area contributed by atoms with Crippen LogP contribution in [0.25, 0.3) is 0 Å². The molecule has 3 heteroatoms. The van der Waals surface area contributed by atoms with E-state index in [9.17, 15) is 8.78 Å².